The molecule has 0 saturated carbocycles. The summed E-state index contributed by atoms with van der Waals surface area (Å²) >= 11 is 2.86. The van der Waals surface area contributed by atoms with Gasteiger partial charge in [0.05, 0.1) is 26.0 Å². The first-order chi connectivity index (χ1) is 14.6. The van der Waals surface area contributed by atoms with Crippen LogP contribution in [0.2, 0.25) is 0 Å². The fourth-order valence-corrected chi connectivity index (χ4v) is 5.43. The van der Waals surface area contributed by atoms with E-state index in [9.17, 15) is 9.18 Å². The van der Waals surface area contributed by atoms with Gasteiger partial charge in [0, 0.05) is 16.3 Å². The highest BCUT2D eigenvalue weighted by Gasteiger charge is 2.33. The maximum Gasteiger partial charge on any atom is 0.233 e. The van der Waals surface area contributed by atoms with Gasteiger partial charge in [-0.1, -0.05) is 18.2 Å². The second-order valence-corrected chi connectivity index (χ2v) is 8.88. The van der Waals surface area contributed by atoms with Gasteiger partial charge in [-0.3, -0.25) is 4.79 Å². The van der Waals surface area contributed by atoms with Gasteiger partial charge >= 0.3 is 0 Å². The summed E-state index contributed by atoms with van der Waals surface area (Å²) in [7, 11) is 3.24. The fourth-order valence-electron chi connectivity index (χ4n) is 3.75. The third-order valence-corrected chi connectivity index (χ3v) is 7.15. The molecule has 156 valence electrons. The first kappa shape index (κ1) is 20.8. The number of benzene rings is 2. The van der Waals surface area contributed by atoms with E-state index < -0.39 is 0 Å². The zero-order valence-electron chi connectivity index (χ0n) is 16.8. The molecule has 4 rings (SSSR count). The number of halogens is 1. The lowest BCUT2D eigenvalue weighted by molar-refractivity contribution is -0.130. The molecule has 0 spiro atoms. The monoisotopic (exact) mass is 443 g/mol. The number of fused-ring (bicyclic) bond motifs is 1. The van der Waals surface area contributed by atoms with Crippen LogP contribution >= 0.6 is 23.1 Å². The van der Waals surface area contributed by atoms with E-state index in [0.29, 0.717) is 22.9 Å². The molecule has 1 unspecified atom stereocenters. The van der Waals surface area contributed by atoms with E-state index in [2.05, 4.69) is 0 Å². The number of thiophene rings is 1. The summed E-state index contributed by atoms with van der Waals surface area (Å²) in [5.74, 6) is 1.21. The number of carbonyl (C=O) groups excluding carboxylic acids is 1. The number of rotatable bonds is 6. The van der Waals surface area contributed by atoms with Gasteiger partial charge in [0.2, 0.25) is 5.91 Å². The highest BCUT2D eigenvalue weighted by Crippen LogP contribution is 2.42. The van der Waals surface area contributed by atoms with E-state index in [1.165, 1.54) is 17.8 Å². The van der Waals surface area contributed by atoms with E-state index in [1.54, 1.807) is 43.8 Å². The van der Waals surface area contributed by atoms with Gasteiger partial charge in [0.1, 0.15) is 5.82 Å². The van der Waals surface area contributed by atoms with Gasteiger partial charge in [-0.2, -0.15) is 0 Å². The molecule has 0 N–H and O–H groups in total. The molecule has 4 nitrogen and oxygen atoms in total. The number of amides is 1. The van der Waals surface area contributed by atoms with Gasteiger partial charge in [0.25, 0.3) is 0 Å². The molecule has 2 aromatic carbocycles. The van der Waals surface area contributed by atoms with Crippen molar-refractivity contribution in [3.63, 3.8) is 0 Å². The first-order valence-electron chi connectivity index (χ1n) is 9.57. The van der Waals surface area contributed by atoms with Crippen LogP contribution in [0.1, 0.15) is 22.0 Å². The summed E-state index contributed by atoms with van der Waals surface area (Å²) in [6.45, 7) is 0.599. The Balaban J connectivity index is 1.65. The molecule has 2 heterocycles. The van der Waals surface area contributed by atoms with Crippen molar-refractivity contribution in [2.75, 3.05) is 26.5 Å². The van der Waals surface area contributed by atoms with Crippen molar-refractivity contribution in [2.24, 2.45) is 0 Å². The minimum atomic E-state index is -0.300. The van der Waals surface area contributed by atoms with Crippen molar-refractivity contribution in [1.29, 1.82) is 0 Å². The number of hydrogen-bond acceptors (Lipinski definition) is 5. The van der Waals surface area contributed by atoms with E-state index in [-0.39, 0.29) is 23.5 Å². The quantitative estimate of drug-likeness (QED) is 0.493. The Kier molecular flexibility index (Phi) is 6.29. The second kappa shape index (κ2) is 9.10. The Labute approximate surface area is 183 Å². The normalized spacial score (nSPS) is 15.6. The Morgan fingerprint density at radius 2 is 1.93 bits per heavy atom. The number of thioether (sulfide) groups is 1. The molecule has 0 aliphatic carbocycles. The van der Waals surface area contributed by atoms with Crippen LogP contribution in [-0.4, -0.2) is 37.3 Å². The van der Waals surface area contributed by atoms with Crippen LogP contribution in [0.4, 0.5) is 4.39 Å². The molecular formula is C23H22FNO3S2. The SMILES string of the molecule is COc1cc2c(cc1OC)C(c1cccs1)N(C(=O)CSc1ccccc1F)CC2. The highest BCUT2D eigenvalue weighted by atomic mass is 32.2. The summed E-state index contributed by atoms with van der Waals surface area (Å²) in [5.41, 5.74) is 2.20. The standard InChI is InChI=1S/C23H22FNO3S2/c1-27-18-12-15-9-10-25(22(26)14-30-20-7-4-3-6-17(20)24)23(21-8-5-11-29-21)16(15)13-19(18)28-2/h3-8,11-13,23H,9-10,14H2,1-2H3. The molecule has 0 radical (unpaired) electrons. The third-order valence-electron chi connectivity index (χ3n) is 5.19. The minimum absolute atomic E-state index is 0.0120. The van der Waals surface area contributed by atoms with Crippen LogP contribution in [0.5, 0.6) is 11.5 Å². The summed E-state index contributed by atoms with van der Waals surface area (Å²) in [6.07, 6.45) is 0.730. The number of methoxy groups -OCH3 is 2. The molecule has 1 aliphatic rings. The minimum Gasteiger partial charge on any atom is -0.493 e. The summed E-state index contributed by atoms with van der Waals surface area (Å²) < 4.78 is 24.9. The van der Waals surface area contributed by atoms with E-state index in [1.807, 2.05) is 34.5 Å². The lowest BCUT2D eigenvalue weighted by atomic mass is 9.91. The van der Waals surface area contributed by atoms with Crippen molar-refractivity contribution >= 4 is 29.0 Å². The summed E-state index contributed by atoms with van der Waals surface area (Å²) in [6, 6.07) is 14.4. The predicted molar refractivity (Wildman–Crippen MR) is 118 cm³/mol. The summed E-state index contributed by atoms with van der Waals surface area (Å²) in [4.78, 5) is 16.7. The smallest absolute Gasteiger partial charge is 0.233 e. The number of carbonyl (C=O) groups is 1. The second-order valence-electron chi connectivity index (χ2n) is 6.88. The van der Waals surface area contributed by atoms with Crippen molar-refractivity contribution in [1.82, 2.24) is 4.90 Å². The molecule has 3 aromatic rings. The zero-order valence-corrected chi connectivity index (χ0v) is 18.4. The maximum absolute atomic E-state index is 14.0. The molecule has 1 aromatic heterocycles. The Morgan fingerprint density at radius 3 is 2.63 bits per heavy atom. The molecule has 7 heteroatoms. The Morgan fingerprint density at radius 1 is 1.17 bits per heavy atom. The molecule has 0 saturated heterocycles. The predicted octanol–water partition coefficient (Wildman–Crippen LogP) is 5.17. The van der Waals surface area contributed by atoms with Gasteiger partial charge < -0.3 is 14.4 Å². The van der Waals surface area contributed by atoms with Gasteiger partial charge in [-0.15, -0.1) is 23.1 Å². The van der Waals surface area contributed by atoms with Crippen LogP contribution in [0.25, 0.3) is 0 Å². The maximum atomic E-state index is 14.0. The van der Waals surface area contributed by atoms with Crippen molar-refractivity contribution < 1.29 is 18.7 Å². The molecule has 0 bridgehead atoms. The van der Waals surface area contributed by atoms with Crippen LogP contribution in [-0.2, 0) is 11.2 Å². The van der Waals surface area contributed by atoms with Gasteiger partial charge in [-0.05, 0) is 53.3 Å². The van der Waals surface area contributed by atoms with Crippen LogP contribution in [0.3, 0.4) is 0 Å². The van der Waals surface area contributed by atoms with E-state index in [0.717, 1.165) is 22.4 Å². The Hall–Kier alpha value is -2.51. The lowest BCUT2D eigenvalue weighted by Gasteiger charge is -2.37. The first-order valence-corrected chi connectivity index (χ1v) is 11.4. The average molecular weight is 444 g/mol. The highest BCUT2D eigenvalue weighted by molar-refractivity contribution is 8.00. The number of hydrogen-bond donors (Lipinski definition) is 0. The lowest BCUT2D eigenvalue weighted by Crippen LogP contribution is -2.41. The molecule has 0 fully saturated rings. The van der Waals surface area contributed by atoms with E-state index >= 15 is 0 Å². The molecule has 1 atom stereocenters. The molecule has 1 aliphatic heterocycles. The van der Waals surface area contributed by atoms with Gasteiger partial charge in [0.15, 0.2) is 11.5 Å². The topological polar surface area (TPSA) is 38.8 Å². The molecular weight excluding hydrogens is 421 g/mol. The van der Waals surface area contributed by atoms with E-state index in [4.69, 9.17) is 9.47 Å². The van der Waals surface area contributed by atoms with Gasteiger partial charge in [-0.25, -0.2) is 4.39 Å². The summed E-state index contributed by atoms with van der Waals surface area (Å²) in [5, 5.41) is 2.01. The zero-order chi connectivity index (χ0) is 21.1. The van der Waals surface area contributed by atoms with Crippen molar-refractivity contribution in [3.05, 3.63) is 75.7 Å². The van der Waals surface area contributed by atoms with Crippen LogP contribution in [0, 0.1) is 5.82 Å². The fraction of sp³-hybridized carbons (Fsp3) is 0.261. The number of nitrogens with zero attached hydrogens (tertiary/aromatic N) is 1. The van der Waals surface area contributed by atoms with Crippen molar-refractivity contribution in [2.45, 2.75) is 17.4 Å². The third kappa shape index (κ3) is 4.04. The molecule has 30 heavy (non-hydrogen) atoms. The average Bonchev–Trinajstić information content (AvgIpc) is 3.31. The number of ether oxygens (including phenoxy) is 2. The van der Waals surface area contributed by atoms with Crippen LogP contribution < -0.4 is 9.47 Å². The van der Waals surface area contributed by atoms with Crippen LogP contribution in [0.15, 0.2) is 58.8 Å². The largest absolute Gasteiger partial charge is 0.493 e. The Bertz CT molecular complexity index is 1040. The molecule has 1 amide bonds. The van der Waals surface area contributed by atoms with Crippen molar-refractivity contribution in [3.8, 4) is 11.5 Å².